The van der Waals surface area contributed by atoms with E-state index in [9.17, 15) is 14.0 Å². The number of hydrogen-bond donors (Lipinski definition) is 2. The number of benzene rings is 3. The van der Waals surface area contributed by atoms with Gasteiger partial charge in [0, 0.05) is 35.7 Å². The van der Waals surface area contributed by atoms with E-state index in [1.165, 1.54) is 12.1 Å². The van der Waals surface area contributed by atoms with Gasteiger partial charge in [-0.1, -0.05) is 19.9 Å². The van der Waals surface area contributed by atoms with Crippen molar-refractivity contribution in [2.24, 2.45) is 5.92 Å². The topological polar surface area (TPSA) is 80.6 Å². The molecule has 3 aromatic carbocycles. The summed E-state index contributed by atoms with van der Waals surface area (Å²) in [4.78, 5) is 25.8. The molecule has 0 saturated carbocycles. The fraction of sp³-hybridized carbons (Fsp3) is 0.267. The molecular formula is C30H31FN2O4. The van der Waals surface area contributed by atoms with Crippen molar-refractivity contribution >= 4 is 22.8 Å². The molecule has 0 unspecified atom stereocenters. The van der Waals surface area contributed by atoms with E-state index in [-0.39, 0.29) is 23.7 Å². The third kappa shape index (κ3) is 5.66. The summed E-state index contributed by atoms with van der Waals surface area (Å²) >= 11 is 0. The second kappa shape index (κ2) is 10.9. The van der Waals surface area contributed by atoms with Crippen LogP contribution in [0.5, 0.6) is 5.75 Å². The fourth-order valence-electron chi connectivity index (χ4n) is 4.07. The second-order valence-corrected chi connectivity index (χ2v) is 9.58. The molecule has 0 aliphatic heterocycles. The molecule has 0 radical (unpaired) electrons. The molecule has 0 spiro atoms. The van der Waals surface area contributed by atoms with E-state index in [2.05, 4.69) is 10.6 Å². The summed E-state index contributed by atoms with van der Waals surface area (Å²) in [5.41, 5.74) is 3.45. The van der Waals surface area contributed by atoms with Crippen molar-refractivity contribution in [2.75, 3.05) is 13.6 Å². The Kier molecular flexibility index (Phi) is 7.62. The summed E-state index contributed by atoms with van der Waals surface area (Å²) in [6.45, 7) is 8.52. The fourth-order valence-corrected chi connectivity index (χ4v) is 4.07. The maximum Gasteiger partial charge on any atom is 0.255 e. The summed E-state index contributed by atoms with van der Waals surface area (Å²) in [5.74, 6) is 0.439. The number of furan rings is 1. The average molecular weight is 503 g/mol. The lowest BCUT2D eigenvalue weighted by molar-refractivity contribution is 0.0945. The zero-order chi connectivity index (χ0) is 26.7. The summed E-state index contributed by atoms with van der Waals surface area (Å²) < 4.78 is 25.7. The maximum absolute atomic E-state index is 13.5. The number of hydrogen-bond acceptors (Lipinski definition) is 4. The highest BCUT2D eigenvalue weighted by atomic mass is 19.1. The number of amides is 2. The Morgan fingerprint density at radius 1 is 0.919 bits per heavy atom. The highest BCUT2D eigenvalue weighted by Crippen LogP contribution is 2.38. The summed E-state index contributed by atoms with van der Waals surface area (Å²) in [7, 11) is 1.55. The smallest absolute Gasteiger partial charge is 0.255 e. The number of ether oxygens (including phenoxy) is 1. The molecule has 2 amide bonds. The van der Waals surface area contributed by atoms with Gasteiger partial charge in [0.2, 0.25) is 0 Å². The van der Waals surface area contributed by atoms with Gasteiger partial charge in [0.25, 0.3) is 11.8 Å². The number of nitrogens with one attached hydrogen (secondary N) is 2. The van der Waals surface area contributed by atoms with E-state index in [1.807, 2.05) is 39.8 Å². The van der Waals surface area contributed by atoms with E-state index in [0.29, 0.717) is 51.6 Å². The Morgan fingerprint density at radius 2 is 1.62 bits per heavy atom. The van der Waals surface area contributed by atoms with Crippen LogP contribution < -0.4 is 15.4 Å². The van der Waals surface area contributed by atoms with Crippen molar-refractivity contribution in [1.29, 1.82) is 0 Å². The van der Waals surface area contributed by atoms with Crippen molar-refractivity contribution in [3.8, 4) is 28.2 Å². The van der Waals surface area contributed by atoms with Crippen LogP contribution in [-0.2, 0) is 0 Å². The minimum Gasteiger partial charge on any atom is -0.490 e. The van der Waals surface area contributed by atoms with Gasteiger partial charge in [-0.05, 0) is 79.9 Å². The lowest BCUT2D eigenvalue weighted by Crippen LogP contribution is -2.27. The maximum atomic E-state index is 13.5. The monoisotopic (exact) mass is 502 g/mol. The molecule has 0 aliphatic rings. The Hall–Kier alpha value is -4.13. The van der Waals surface area contributed by atoms with Crippen LogP contribution in [0.15, 0.2) is 65.1 Å². The molecule has 6 nitrogen and oxygen atoms in total. The van der Waals surface area contributed by atoms with Crippen LogP contribution >= 0.6 is 0 Å². The molecule has 7 heteroatoms. The van der Waals surface area contributed by atoms with Crippen LogP contribution in [0.4, 0.5) is 4.39 Å². The molecule has 37 heavy (non-hydrogen) atoms. The number of fused-ring (bicyclic) bond motifs is 1. The highest BCUT2D eigenvalue weighted by Gasteiger charge is 2.23. The van der Waals surface area contributed by atoms with Crippen LogP contribution in [0.1, 0.15) is 48.4 Å². The third-order valence-corrected chi connectivity index (χ3v) is 5.83. The normalized spacial score (nSPS) is 11.2. The first-order valence-corrected chi connectivity index (χ1v) is 12.3. The predicted octanol–water partition coefficient (Wildman–Crippen LogP) is 6.44. The predicted molar refractivity (Wildman–Crippen MR) is 143 cm³/mol. The van der Waals surface area contributed by atoms with Crippen LogP contribution in [0.25, 0.3) is 33.4 Å². The lowest BCUT2D eigenvalue weighted by atomic mass is 9.98. The first-order valence-electron chi connectivity index (χ1n) is 12.3. The van der Waals surface area contributed by atoms with Gasteiger partial charge in [-0.25, -0.2) is 4.39 Å². The van der Waals surface area contributed by atoms with Crippen LogP contribution in [0, 0.1) is 11.7 Å². The summed E-state index contributed by atoms with van der Waals surface area (Å²) in [5, 5.41) is 6.22. The standard InChI is InChI=1S/C30H31FN2O4/c1-17(2)16-33-29(34)21-9-13-25(36-18(3)4)23(15-21)20-8-12-26-24(14-20)27(30(35)32-5)28(37-26)19-6-10-22(31)11-7-19/h6-15,17-18H,16H2,1-5H3,(H,32,35)(H,33,34). The zero-order valence-corrected chi connectivity index (χ0v) is 21.6. The lowest BCUT2D eigenvalue weighted by Gasteiger charge is -2.16. The molecular weight excluding hydrogens is 471 g/mol. The van der Waals surface area contributed by atoms with E-state index in [0.717, 1.165) is 11.1 Å². The number of rotatable bonds is 8. The molecule has 0 bridgehead atoms. The SMILES string of the molecule is CNC(=O)c1c(-c2ccc(F)cc2)oc2ccc(-c3cc(C(=O)NCC(C)C)ccc3OC(C)C)cc12. The molecule has 2 N–H and O–H groups in total. The van der Waals surface area contributed by atoms with E-state index >= 15 is 0 Å². The van der Waals surface area contributed by atoms with Crippen LogP contribution in [-0.4, -0.2) is 31.5 Å². The van der Waals surface area contributed by atoms with Crippen molar-refractivity contribution in [3.05, 3.63) is 77.6 Å². The number of carbonyl (C=O) groups excluding carboxylic acids is 2. The van der Waals surface area contributed by atoms with E-state index in [1.54, 1.807) is 43.4 Å². The summed E-state index contributed by atoms with van der Waals surface area (Å²) in [6.07, 6.45) is -0.0801. The zero-order valence-electron chi connectivity index (χ0n) is 21.6. The van der Waals surface area contributed by atoms with Crippen molar-refractivity contribution in [2.45, 2.75) is 33.8 Å². The molecule has 0 aliphatic carbocycles. The Labute approximate surface area is 215 Å². The Morgan fingerprint density at radius 3 is 2.27 bits per heavy atom. The van der Waals surface area contributed by atoms with Crippen molar-refractivity contribution in [3.63, 3.8) is 0 Å². The third-order valence-electron chi connectivity index (χ3n) is 5.83. The highest BCUT2D eigenvalue weighted by molar-refractivity contribution is 6.12. The van der Waals surface area contributed by atoms with Crippen molar-refractivity contribution < 1.29 is 23.1 Å². The molecule has 0 atom stereocenters. The van der Waals surface area contributed by atoms with Gasteiger partial charge in [0.05, 0.1) is 11.7 Å². The largest absolute Gasteiger partial charge is 0.490 e. The molecule has 1 aromatic heterocycles. The Bertz CT molecular complexity index is 1440. The minimum absolute atomic E-state index is 0.0801. The Balaban J connectivity index is 1.87. The molecule has 1 heterocycles. The molecule has 0 fully saturated rings. The number of carbonyl (C=O) groups is 2. The van der Waals surface area contributed by atoms with Crippen LogP contribution in [0.3, 0.4) is 0 Å². The van der Waals surface area contributed by atoms with E-state index < -0.39 is 0 Å². The average Bonchev–Trinajstić information content (AvgIpc) is 3.25. The summed E-state index contributed by atoms with van der Waals surface area (Å²) in [6, 6.07) is 16.7. The molecule has 4 aromatic rings. The van der Waals surface area contributed by atoms with Gasteiger partial charge in [0.1, 0.15) is 22.9 Å². The molecule has 4 rings (SSSR count). The minimum atomic E-state index is -0.376. The van der Waals surface area contributed by atoms with E-state index in [4.69, 9.17) is 9.15 Å². The first kappa shape index (κ1) is 25.9. The quantitative estimate of drug-likeness (QED) is 0.291. The number of halogens is 1. The van der Waals surface area contributed by atoms with Crippen molar-refractivity contribution in [1.82, 2.24) is 10.6 Å². The van der Waals surface area contributed by atoms with Gasteiger partial charge in [0.15, 0.2) is 0 Å². The van der Waals surface area contributed by atoms with Gasteiger partial charge in [-0.15, -0.1) is 0 Å². The van der Waals surface area contributed by atoms with Crippen LogP contribution in [0.2, 0.25) is 0 Å². The first-order chi connectivity index (χ1) is 17.7. The van der Waals surface area contributed by atoms with Gasteiger partial charge in [-0.3, -0.25) is 9.59 Å². The molecule has 0 saturated heterocycles. The van der Waals surface area contributed by atoms with Gasteiger partial charge >= 0.3 is 0 Å². The molecule has 192 valence electrons. The second-order valence-electron chi connectivity index (χ2n) is 9.58. The van der Waals surface area contributed by atoms with Gasteiger partial charge in [-0.2, -0.15) is 0 Å². The van der Waals surface area contributed by atoms with Gasteiger partial charge < -0.3 is 19.8 Å².